The van der Waals surface area contributed by atoms with Crippen molar-refractivity contribution in [3.63, 3.8) is 0 Å². The molecule has 1 saturated heterocycles. The van der Waals surface area contributed by atoms with E-state index in [-0.39, 0.29) is 18.1 Å². The van der Waals surface area contributed by atoms with Crippen LogP contribution in [0.5, 0.6) is 0 Å². The van der Waals surface area contributed by atoms with Gasteiger partial charge in [0.2, 0.25) is 0 Å². The van der Waals surface area contributed by atoms with Crippen LogP contribution in [0.15, 0.2) is 48.6 Å². The zero-order chi connectivity index (χ0) is 18.5. The van der Waals surface area contributed by atoms with Crippen LogP contribution in [0.25, 0.3) is 11.1 Å². The van der Waals surface area contributed by atoms with Gasteiger partial charge in [0.05, 0.1) is 19.8 Å². The summed E-state index contributed by atoms with van der Waals surface area (Å²) < 4.78 is 44.5. The summed E-state index contributed by atoms with van der Waals surface area (Å²) in [7, 11) is 1.40. The Morgan fingerprint density at radius 2 is 1.65 bits per heavy atom. The van der Waals surface area contributed by atoms with E-state index in [1.807, 2.05) is 37.3 Å². The molecule has 0 amide bonds. The van der Waals surface area contributed by atoms with Crippen molar-refractivity contribution in [3.8, 4) is 11.1 Å². The van der Waals surface area contributed by atoms with Gasteiger partial charge in [-0.05, 0) is 30.2 Å². The first-order chi connectivity index (χ1) is 12.6. The normalized spacial score (nSPS) is 20.6. The van der Waals surface area contributed by atoms with Gasteiger partial charge in [-0.2, -0.15) is 0 Å². The molecular weight excluding hydrogens is 338 g/mol. The molecule has 3 rings (SSSR count). The molecule has 0 atom stereocenters. The summed E-state index contributed by atoms with van der Waals surface area (Å²) in [5.41, 5.74) is 2.01. The van der Waals surface area contributed by atoms with E-state index in [1.54, 1.807) is 0 Å². The van der Waals surface area contributed by atoms with Crippen molar-refractivity contribution >= 4 is 0 Å². The minimum Gasteiger partial charge on any atom is -0.380 e. The Morgan fingerprint density at radius 3 is 2.19 bits per heavy atom. The fourth-order valence-electron chi connectivity index (χ4n) is 2.98. The van der Waals surface area contributed by atoms with Gasteiger partial charge in [0.15, 0.2) is 6.29 Å². The van der Waals surface area contributed by atoms with Gasteiger partial charge in [0.25, 0.3) is 0 Å². The average molecular weight is 360 g/mol. The summed E-state index contributed by atoms with van der Waals surface area (Å²) in [6.07, 6.45) is 3.64. The molecule has 0 saturated carbocycles. The van der Waals surface area contributed by atoms with Gasteiger partial charge < -0.3 is 14.2 Å². The third-order valence-corrected chi connectivity index (χ3v) is 4.33. The smallest absolute Gasteiger partial charge is 0.183 e. The largest absolute Gasteiger partial charge is 0.380 e. The Morgan fingerprint density at radius 1 is 1.04 bits per heavy atom. The van der Waals surface area contributed by atoms with E-state index < -0.39 is 17.9 Å². The highest BCUT2D eigenvalue weighted by atomic mass is 19.1. The van der Waals surface area contributed by atoms with Crippen molar-refractivity contribution in [1.82, 2.24) is 0 Å². The number of halogens is 2. The third-order valence-electron chi connectivity index (χ3n) is 4.33. The van der Waals surface area contributed by atoms with E-state index in [4.69, 9.17) is 14.2 Å². The summed E-state index contributed by atoms with van der Waals surface area (Å²) in [6, 6.07) is 9.97. The van der Waals surface area contributed by atoms with Crippen molar-refractivity contribution in [1.29, 1.82) is 0 Å². The minimum atomic E-state index is -0.611. The van der Waals surface area contributed by atoms with Crippen molar-refractivity contribution in [3.05, 3.63) is 71.3 Å². The Hall–Kier alpha value is -2.08. The van der Waals surface area contributed by atoms with Crippen LogP contribution >= 0.6 is 0 Å². The van der Waals surface area contributed by atoms with Crippen LogP contribution in [0, 0.1) is 17.6 Å². The van der Waals surface area contributed by atoms with Crippen LogP contribution in [0.4, 0.5) is 8.78 Å². The van der Waals surface area contributed by atoms with Gasteiger partial charge in [-0.15, -0.1) is 0 Å². The lowest BCUT2D eigenvalue weighted by Crippen LogP contribution is -2.25. The molecule has 3 nitrogen and oxygen atoms in total. The molecule has 0 N–H and O–H groups in total. The van der Waals surface area contributed by atoms with Crippen LogP contribution in [-0.2, 0) is 20.8 Å². The maximum absolute atomic E-state index is 14.1. The van der Waals surface area contributed by atoms with E-state index in [0.29, 0.717) is 18.8 Å². The molecule has 0 unspecified atom stereocenters. The van der Waals surface area contributed by atoms with Crippen LogP contribution < -0.4 is 0 Å². The first-order valence-corrected chi connectivity index (χ1v) is 8.55. The standard InChI is InChI=1S/C21H22F2O3/c1-3-4-14-11-25-21(26-12-14)16-7-5-15(6-8-16)17-9-19(22)18(13-24-2)20(23)10-17/h3-10,14,21H,11-13H2,1-2H3/b4-3+/t14-,21-. The quantitative estimate of drug-likeness (QED) is 0.701. The third kappa shape index (κ3) is 4.18. The molecule has 26 heavy (non-hydrogen) atoms. The molecule has 0 radical (unpaired) electrons. The van der Waals surface area contributed by atoms with Gasteiger partial charge in [0, 0.05) is 24.2 Å². The zero-order valence-corrected chi connectivity index (χ0v) is 14.9. The SMILES string of the molecule is C/C=C/[C@H]1CO[C@H](c2ccc(-c3cc(F)c(COC)c(F)c3)cc2)OC1. The van der Waals surface area contributed by atoms with Crippen molar-refractivity contribution < 1.29 is 23.0 Å². The molecule has 0 bridgehead atoms. The van der Waals surface area contributed by atoms with E-state index in [0.717, 1.165) is 11.1 Å². The van der Waals surface area contributed by atoms with Crippen molar-refractivity contribution in [2.45, 2.75) is 19.8 Å². The van der Waals surface area contributed by atoms with E-state index in [9.17, 15) is 8.78 Å². The molecule has 2 aromatic rings. The summed E-state index contributed by atoms with van der Waals surface area (Å²) in [5, 5.41) is 0. The molecule has 1 aliphatic heterocycles. The van der Waals surface area contributed by atoms with Gasteiger partial charge in [0.1, 0.15) is 11.6 Å². The Balaban J connectivity index is 1.74. The van der Waals surface area contributed by atoms with Gasteiger partial charge in [-0.3, -0.25) is 0 Å². The summed E-state index contributed by atoms with van der Waals surface area (Å²) >= 11 is 0. The average Bonchev–Trinajstić information content (AvgIpc) is 2.66. The zero-order valence-electron chi connectivity index (χ0n) is 14.9. The van der Waals surface area contributed by atoms with Crippen molar-refractivity contribution in [2.24, 2.45) is 5.92 Å². The van der Waals surface area contributed by atoms with Gasteiger partial charge in [-0.25, -0.2) is 8.78 Å². The van der Waals surface area contributed by atoms with Crippen LogP contribution in [-0.4, -0.2) is 20.3 Å². The van der Waals surface area contributed by atoms with Crippen molar-refractivity contribution in [2.75, 3.05) is 20.3 Å². The molecule has 1 aliphatic rings. The maximum atomic E-state index is 14.1. The van der Waals surface area contributed by atoms with E-state index in [2.05, 4.69) is 6.08 Å². The lowest BCUT2D eigenvalue weighted by Gasteiger charge is -2.28. The van der Waals surface area contributed by atoms with E-state index >= 15 is 0 Å². The van der Waals surface area contributed by atoms with Gasteiger partial charge in [-0.1, -0.05) is 36.4 Å². The number of allylic oxidation sites excluding steroid dienone is 1. The molecule has 1 heterocycles. The van der Waals surface area contributed by atoms with E-state index in [1.165, 1.54) is 19.2 Å². The highest BCUT2D eigenvalue weighted by molar-refractivity contribution is 5.64. The Bertz CT molecular complexity index is 740. The fourth-order valence-corrected chi connectivity index (χ4v) is 2.98. The van der Waals surface area contributed by atoms with Crippen LogP contribution in [0.2, 0.25) is 0 Å². The number of rotatable bonds is 5. The maximum Gasteiger partial charge on any atom is 0.183 e. The topological polar surface area (TPSA) is 27.7 Å². The van der Waals surface area contributed by atoms with Crippen LogP contribution in [0.1, 0.15) is 24.3 Å². The number of ether oxygens (including phenoxy) is 3. The van der Waals surface area contributed by atoms with Gasteiger partial charge >= 0.3 is 0 Å². The second-order valence-corrected chi connectivity index (χ2v) is 6.26. The fraction of sp³-hybridized carbons (Fsp3) is 0.333. The molecular formula is C21H22F2O3. The molecule has 1 fully saturated rings. The molecule has 5 heteroatoms. The summed E-state index contributed by atoms with van der Waals surface area (Å²) in [5.74, 6) is -0.952. The lowest BCUT2D eigenvalue weighted by molar-refractivity contribution is -0.197. The number of benzene rings is 2. The molecule has 0 aromatic heterocycles. The van der Waals surface area contributed by atoms with Crippen LogP contribution in [0.3, 0.4) is 0 Å². The minimum absolute atomic E-state index is 0.0624. The number of methoxy groups -OCH3 is 1. The molecule has 2 aromatic carbocycles. The predicted octanol–water partition coefficient (Wildman–Crippen LogP) is 5.02. The highest BCUT2D eigenvalue weighted by Crippen LogP contribution is 2.29. The summed E-state index contributed by atoms with van der Waals surface area (Å²) in [4.78, 5) is 0. The number of hydrogen-bond acceptors (Lipinski definition) is 3. The predicted molar refractivity (Wildman–Crippen MR) is 95.5 cm³/mol. The number of hydrogen-bond donors (Lipinski definition) is 0. The second-order valence-electron chi connectivity index (χ2n) is 6.26. The first kappa shape index (κ1) is 18.7. The Kier molecular flexibility index (Phi) is 6.14. The summed E-state index contributed by atoms with van der Waals surface area (Å²) in [6.45, 7) is 3.09. The Labute approximate surface area is 152 Å². The molecule has 0 spiro atoms. The lowest BCUT2D eigenvalue weighted by atomic mass is 10.0. The molecule has 138 valence electrons. The highest BCUT2D eigenvalue weighted by Gasteiger charge is 2.22. The monoisotopic (exact) mass is 360 g/mol. The first-order valence-electron chi connectivity index (χ1n) is 8.55. The molecule has 0 aliphatic carbocycles. The second kappa shape index (κ2) is 8.54.